The largest absolute Gasteiger partial charge is 0.494 e. The third kappa shape index (κ3) is 4.26. The van der Waals surface area contributed by atoms with Crippen molar-refractivity contribution in [2.45, 2.75) is 12.8 Å². The molecule has 32 heavy (non-hydrogen) atoms. The first-order valence-electron chi connectivity index (χ1n) is 9.68. The van der Waals surface area contributed by atoms with Crippen LogP contribution in [-0.2, 0) is 19.1 Å². The molecular formula is C22H18N4O5S. The van der Waals surface area contributed by atoms with Gasteiger partial charge in [0, 0.05) is 0 Å². The molecule has 2 aromatic heterocycles. The van der Waals surface area contributed by atoms with E-state index in [1.54, 1.807) is 42.5 Å². The lowest BCUT2D eigenvalue weighted by molar-refractivity contribution is -0.148. The monoisotopic (exact) mass is 450 g/mol. The third-order valence-electron chi connectivity index (χ3n) is 4.58. The summed E-state index contributed by atoms with van der Waals surface area (Å²) in [6.45, 7) is 2.40. The predicted octanol–water partition coefficient (Wildman–Crippen LogP) is 3.10. The Balaban J connectivity index is 1.60. The Morgan fingerprint density at radius 1 is 1.06 bits per heavy atom. The molecule has 0 unspecified atom stereocenters. The highest BCUT2D eigenvalue weighted by molar-refractivity contribution is 7.22. The molecule has 0 radical (unpaired) electrons. The molecule has 0 bridgehead atoms. The number of carbonyl (C=O) groups is 3. The Bertz CT molecular complexity index is 1340. The van der Waals surface area contributed by atoms with Gasteiger partial charge in [0.15, 0.2) is 11.0 Å². The fourth-order valence-corrected chi connectivity index (χ4v) is 3.98. The molecule has 10 heteroatoms. The first-order chi connectivity index (χ1) is 15.5. The summed E-state index contributed by atoms with van der Waals surface area (Å²) < 4.78 is 11.0. The van der Waals surface area contributed by atoms with E-state index in [4.69, 9.17) is 9.47 Å². The number of esters is 1. The Labute approximate surface area is 186 Å². The van der Waals surface area contributed by atoms with Crippen LogP contribution in [0.15, 0.2) is 48.7 Å². The summed E-state index contributed by atoms with van der Waals surface area (Å²) in [4.78, 5) is 50.8. The molecular weight excluding hydrogens is 432 g/mol. The Kier molecular flexibility index (Phi) is 6.04. The quantitative estimate of drug-likeness (QED) is 0.259. The summed E-state index contributed by atoms with van der Waals surface area (Å²) in [5.74, 6) is -3.79. The highest BCUT2D eigenvalue weighted by Crippen LogP contribution is 2.29. The van der Waals surface area contributed by atoms with Crippen molar-refractivity contribution in [1.29, 1.82) is 0 Å². The van der Waals surface area contributed by atoms with Crippen LogP contribution in [0.3, 0.4) is 0 Å². The summed E-state index contributed by atoms with van der Waals surface area (Å²) in [7, 11) is 1.14. The number of rotatable bonds is 7. The van der Waals surface area contributed by atoms with Crippen molar-refractivity contribution in [1.82, 2.24) is 15.0 Å². The van der Waals surface area contributed by atoms with Gasteiger partial charge in [-0.15, -0.1) is 0 Å². The molecule has 0 aliphatic carbocycles. The van der Waals surface area contributed by atoms with Crippen LogP contribution in [0.4, 0.5) is 5.13 Å². The lowest BCUT2D eigenvalue weighted by Gasteiger charge is -2.12. The summed E-state index contributed by atoms with van der Waals surface area (Å²) in [5.41, 5.74) is 1.76. The van der Waals surface area contributed by atoms with Gasteiger partial charge in [-0.1, -0.05) is 23.5 Å². The summed E-state index contributed by atoms with van der Waals surface area (Å²) >= 11 is 1.19. The van der Waals surface area contributed by atoms with Crippen molar-refractivity contribution in [2.24, 2.45) is 0 Å². The molecule has 162 valence electrons. The molecule has 4 rings (SSSR count). The molecule has 0 spiro atoms. The third-order valence-corrected chi connectivity index (χ3v) is 5.51. The molecule has 0 aliphatic heterocycles. The molecule has 4 aromatic rings. The van der Waals surface area contributed by atoms with E-state index in [-0.39, 0.29) is 10.8 Å². The number of hydrogen-bond donors (Lipinski definition) is 1. The van der Waals surface area contributed by atoms with E-state index in [1.807, 2.05) is 6.92 Å². The Morgan fingerprint density at radius 2 is 1.84 bits per heavy atom. The number of anilines is 1. The number of ketones is 1. The lowest BCUT2D eigenvalue weighted by atomic mass is 9.99. The van der Waals surface area contributed by atoms with Crippen LogP contribution >= 0.6 is 11.3 Å². The maximum atomic E-state index is 12.9. The molecule has 0 fully saturated rings. The number of benzene rings is 2. The first kappa shape index (κ1) is 21.3. The molecule has 1 amide bonds. The normalized spacial score (nSPS) is 11.8. The van der Waals surface area contributed by atoms with Crippen LogP contribution in [0.25, 0.3) is 21.3 Å². The molecule has 0 saturated heterocycles. The Hall–Kier alpha value is -3.92. The van der Waals surface area contributed by atoms with Crippen LogP contribution in [0.1, 0.15) is 18.5 Å². The average molecular weight is 450 g/mol. The van der Waals surface area contributed by atoms with Crippen molar-refractivity contribution in [2.75, 3.05) is 19.0 Å². The molecule has 0 aliphatic rings. The van der Waals surface area contributed by atoms with Gasteiger partial charge in [0.25, 0.3) is 5.91 Å². The number of hydrogen-bond acceptors (Lipinski definition) is 9. The van der Waals surface area contributed by atoms with Gasteiger partial charge < -0.3 is 9.47 Å². The van der Waals surface area contributed by atoms with Crippen LogP contribution in [0.5, 0.6) is 5.75 Å². The van der Waals surface area contributed by atoms with Crippen molar-refractivity contribution >= 4 is 55.4 Å². The number of ether oxygens (including phenoxy) is 2. The van der Waals surface area contributed by atoms with Crippen molar-refractivity contribution in [3.8, 4) is 5.75 Å². The number of aromatic nitrogens is 3. The fraction of sp³-hybridized carbons (Fsp3) is 0.182. The van der Waals surface area contributed by atoms with Crippen LogP contribution in [0.2, 0.25) is 0 Å². The van der Waals surface area contributed by atoms with Gasteiger partial charge in [-0.05, 0) is 37.3 Å². The van der Waals surface area contributed by atoms with Gasteiger partial charge in [-0.2, -0.15) is 0 Å². The second kappa shape index (κ2) is 9.06. The molecule has 1 atom stereocenters. The number of carbonyl (C=O) groups excluding carboxylic acids is 3. The van der Waals surface area contributed by atoms with Crippen LogP contribution in [-0.4, -0.2) is 46.3 Å². The van der Waals surface area contributed by atoms with E-state index >= 15 is 0 Å². The SMILES string of the molecule is CCOc1ccc2nc(NC(=O)C(=O)[C@H](C(=O)OC)c3cnc4ccccc4n3)sc2c1. The highest BCUT2D eigenvalue weighted by Gasteiger charge is 2.36. The van der Waals surface area contributed by atoms with Gasteiger partial charge in [0.2, 0.25) is 5.78 Å². The van der Waals surface area contributed by atoms with E-state index in [2.05, 4.69) is 20.3 Å². The Morgan fingerprint density at radius 3 is 2.59 bits per heavy atom. The maximum absolute atomic E-state index is 12.9. The molecule has 1 N–H and O–H groups in total. The van der Waals surface area contributed by atoms with E-state index in [0.29, 0.717) is 28.9 Å². The van der Waals surface area contributed by atoms with Gasteiger partial charge >= 0.3 is 5.97 Å². The number of amides is 1. The smallest absolute Gasteiger partial charge is 0.323 e. The number of methoxy groups -OCH3 is 1. The second-order valence-corrected chi connectivity index (χ2v) is 7.67. The molecule has 0 saturated carbocycles. The molecule has 2 heterocycles. The van der Waals surface area contributed by atoms with E-state index in [1.165, 1.54) is 17.5 Å². The zero-order valence-electron chi connectivity index (χ0n) is 17.2. The topological polar surface area (TPSA) is 120 Å². The van der Waals surface area contributed by atoms with E-state index in [0.717, 1.165) is 11.8 Å². The number of para-hydroxylation sites is 2. The number of nitrogens with zero attached hydrogens (tertiary/aromatic N) is 3. The predicted molar refractivity (Wildman–Crippen MR) is 119 cm³/mol. The van der Waals surface area contributed by atoms with Crippen molar-refractivity contribution < 1.29 is 23.9 Å². The van der Waals surface area contributed by atoms with Crippen LogP contribution < -0.4 is 10.1 Å². The molecule has 9 nitrogen and oxygen atoms in total. The first-order valence-corrected chi connectivity index (χ1v) is 10.5. The van der Waals surface area contributed by atoms with Crippen LogP contribution in [0, 0.1) is 0 Å². The second-order valence-electron chi connectivity index (χ2n) is 6.64. The lowest BCUT2D eigenvalue weighted by Crippen LogP contribution is -2.33. The van der Waals surface area contributed by atoms with Gasteiger partial charge in [-0.3, -0.25) is 24.7 Å². The van der Waals surface area contributed by atoms with E-state index in [9.17, 15) is 14.4 Å². The fourth-order valence-electron chi connectivity index (χ4n) is 3.10. The number of Topliss-reactive ketones (excluding diaryl/α,β-unsaturated/α-hetero) is 1. The number of fused-ring (bicyclic) bond motifs is 2. The minimum Gasteiger partial charge on any atom is -0.494 e. The van der Waals surface area contributed by atoms with Gasteiger partial charge in [0.05, 0.1) is 46.9 Å². The zero-order chi connectivity index (χ0) is 22.7. The summed E-state index contributed by atoms with van der Waals surface area (Å²) in [6.07, 6.45) is 1.29. The maximum Gasteiger partial charge on any atom is 0.323 e. The standard InChI is InChI=1S/C22H18N4O5S/c1-3-31-12-8-9-15-17(10-12)32-22(25-15)26-20(28)19(27)18(21(29)30-2)16-11-23-13-6-4-5-7-14(13)24-16/h4-11,18H,3H2,1-2H3,(H,25,26,28)/t18-/m1/s1. The molecule has 2 aromatic carbocycles. The van der Waals surface area contributed by atoms with Crippen molar-refractivity contribution in [3.05, 3.63) is 54.4 Å². The minimum absolute atomic E-state index is 0.0290. The summed E-state index contributed by atoms with van der Waals surface area (Å²) in [5, 5.41) is 2.69. The van der Waals surface area contributed by atoms with Gasteiger partial charge in [0.1, 0.15) is 5.75 Å². The summed E-state index contributed by atoms with van der Waals surface area (Å²) in [6, 6.07) is 12.3. The number of thiazole rings is 1. The highest BCUT2D eigenvalue weighted by atomic mass is 32.1. The van der Waals surface area contributed by atoms with Gasteiger partial charge in [-0.25, -0.2) is 9.97 Å². The average Bonchev–Trinajstić information content (AvgIpc) is 3.20. The van der Waals surface area contributed by atoms with E-state index < -0.39 is 23.6 Å². The number of nitrogens with one attached hydrogen (secondary N) is 1. The zero-order valence-corrected chi connectivity index (χ0v) is 18.0. The minimum atomic E-state index is -1.55. The van der Waals surface area contributed by atoms with Crippen molar-refractivity contribution in [3.63, 3.8) is 0 Å².